The number of rotatable bonds is 6. The van der Waals surface area contributed by atoms with Gasteiger partial charge in [-0.1, -0.05) is 46.3 Å². The summed E-state index contributed by atoms with van der Waals surface area (Å²) in [5.74, 6) is -0.587. The predicted molar refractivity (Wildman–Crippen MR) is 114 cm³/mol. The topological polar surface area (TPSA) is 72.9 Å². The second-order valence-corrected chi connectivity index (χ2v) is 8.11. The van der Waals surface area contributed by atoms with E-state index >= 15 is 0 Å². The van der Waals surface area contributed by atoms with Gasteiger partial charge in [0.1, 0.15) is 18.4 Å². The summed E-state index contributed by atoms with van der Waals surface area (Å²) in [6, 6.07) is 14.0. The van der Waals surface area contributed by atoms with E-state index in [2.05, 4.69) is 20.7 Å². The average molecular weight is 476 g/mol. The van der Waals surface area contributed by atoms with E-state index in [0.717, 1.165) is 26.7 Å². The third kappa shape index (κ3) is 4.89. The van der Waals surface area contributed by atoms with Crippen LogP contribution in [0.4, 0.5) is 4.79 Å². The van der Waals surface area contributed by atoms with E-state index in [1.54, 1.807) is 18.2 Å². The van der Waals surface area contributed by atoms with Gasteiger partial charge >= 0.3 is 5.97 Å². The van der Waals surface area contributed by atoms with Crippen molar-refractivity contribution in [2.45, 2.75) is 19.6 Å². The normalized spacial score (nSPS) is 16.2. The number of halogens is 1. The highest BCUT2D eigenvalue weighted by atomic mass is 79.9. The highest BCUT2D eigenvalue weighted by molar-refractivity contribution is 9.10. The average Bonchev–Trinajstić information content (AvgIpc) is 3.00. The highest BCUT2D eigenvalue weighted by Gasteiger charge is 2.41. The molecule has 0 spiro atoms. The van der Waals surface area contributed by atoms with Crippen LogP contribution in [0, 0.1) is 0 Å². The highest BCUT2D eigenvalue weighted by Crippen LogP contribution is 2.35. The number of imide groups is 1. The van der Waals surface area contributed by atoms with Crippen molar-refractivity contribution in [3.63, 3.8) is 0 Å². The van der Waals surface area contributed by atoms with Crippen molar-refractivity contribution in [2.24, 2.45) is 0 Å². The maximum absolute atomic E-state index is 12.7. The Hall–Kier alpha value is -2.58. The Bertz CT molecular complexity index is 973. The number of nitrogens with zero attached hydrogens (tertiary/aromatic N) is 1. The van der Waals surface area contributed by atoms with E-state index in [1.165, 1.54) is 14.0 Å². The van der Waals surface area contributed by atoms with Gasteiger partial charge in [0, 0.05) is 10.0 Å². The van der Waals surface area contributed by atoms with Crippen LogP contribution >= 0.6 is 27.7 Å². The molecule has 6 nitrogen and oxygen atoms in total. The lowest BCUT2D eigenvalue weighted by molar-refractivity contribution is -0.148. The molecule has 150 valence electrons. The van der Waals surface area contributed by atoms with Gasteiger partial charge < -0.3 is 9.47 Å². The number of ether oxygens (including phenoxy) is 2. The molecule has 1 heterocycles. The minimum absolute atomic E-state index is 0.227. The van der Waals surface area contributed by atoms with Gasteiger partial charge in [0.05, 0.1) is 12.0 Å². The SMILES string of the molecule is COC(=O)[C@H](C)N1C(=O)S/C(=C/c2ccccc2OCc2ccc(Br)cc2)C1=O. The van der Waals surface area contributed by atoms with Gasteiger partial charge in [0.25, 0.3) is 11.1 Å². The number of carbonyl (C=O) groups excluding carboxylic acids is 3. The number of para-hydroxylation sites is 1. The van der Waals surface area contributed by atoms with E-state index < -0.39 is 23.2 Å². The molecule has 3 rings (SSSR count). The number of carbonyl (C=O) groups is 3. The Morgan fingerprint density at radius 1 is 1.17 bits per heavy atom. The Labute approximate surface area is 181 Å². The fourth-order valence-electron chi connectivity index (χ4n) is 2.70. The van der Waals surface area contributed by atoms with Crippen LogP contribution in [-0.4, -0.2) is 35.2 Å². The second-order valence-electron chi connectivity index (χ2n) is 6.20. The van der Waals surface area contributed by atoms with E-state index in [9.17, 15) is 14.4 Å². The fraction of sp³-hybridized carbons (Fsp3) is 0.190. The first-order chi connectivity index (χ1) is 13.9. The van der Waals surface area contributed by atoms with Gasteiger partial charge in [-0.3, -0.25) is 14.5 Å². The Balaban J connectivity index is 1.80. The number of methoxy groups -OCH3 is 1. The van der Waals surface area contributed by atoms with Crippen LogP contribution < -0.4 is 4.74 Å². The predicted octanol–water partition coefficient (Wildman–Crippen LogP) is 4.63. The van der Waals surface area contributed by atoms with Crippen molar-refractivity contribution in [1.29, 1.82) is 0 Å². The molecule has 0 aromatic heterocycles. The maximum Gasteiger partial charge on any atom is 0.328 e. The quantitative estimate of drug-likeness (QED) is 0.448. The summed E-state index contributed by atoms with van der Waals surface area (Å²) in [5.41, 5.74) is 1.66. The van der Waals surface area contributed by atoms with E-state index in [0.29, 0.717) is 17.9 Å². The second kappa shape index (κ2) is 9.28. The zero-order chi connectivity index (χ0) is 21.0. The molecular weight excluding hydrogens is 458 g/mol. The van der Waals surface area contributed by atoms with Crippen molar-refractivity contribution in [3.8, 4) is 5.75 Å². The lowest BCUT2D eigenvalue weighted by Gasteiger charge is -2.18. The minimum atomic E-state index is -0.984. The van der Waals surface area contributed by atoms with Crippen molar-refractivity contribution in [1.82, 2.24) is 4.90 Å². The molecule has 0 aliphatic carbocycles. The molecule has 8 heteroatoms. The third-order valence-corrected chi connectivity index (χ3v) is 5.68. The number of thioether (sulfide) groups is 1. The van der Waals surface area contributed by atoms with Crippen LogP contribution in [0.3, 0.4) is 0 Å². The van der Waals surface area contributed by atoms with Crippen LogP contribution in [0.2, 0.25) is 0 Å². The maximum atomic E-state index is 12.7. The molecule has 1 fully saturated rings. The van der Waals surface area contributed by atoms with Gasteiger partial charge in [0.2, 0.25) is 0 Å². The van der Waals surface area contributed by atoms with Crippen molar-refractivity contribution >= 4 is 50.9 Å². The Morgan fingerprint density at radius 3 is 2.55 bits per heavy atom. The summed E-state index contributed by atoms with van der Waals surface area (Å²) >= 11 is 4.19. The molecule has 0 bridgehead atoms. The Morgan fingerprint density at radius 2 is 1.86 bits per heavy atom. The van der Waals surface area contributed by atoms with Crippen molar-refractivity contribution in [3.05, 3.63) is 69.0 Å². The van der Waals surface area contributed by atoms with Crippen LogP contribution in [0.5, 0.6) is 5.75 Å². The lowest BCUT2D eigenvalue weighted by Crippen LogP contribution is -2.42. The van der Waals surface area contributed by atoms with E-state index in [1.807, 2.05) is 36.4 Å². The molecule has 1 aliphatic rings. The van der Waals surface area contributed by atoms with E-state index in [-0.39, 0.29) is 4.91 Å². The molecule has 0 N–H and O–H groups in total. The van der Waals surface area contributed by atoms with E-state index in [4.69, 9.17) is 4.74 Å². The zero-order valence-electron chi connectivity index (χ0n) is 15.8. The smallest absolute Gasteiger partial charge is 0.328 e. The lowest BCUT2D eigenvalue weighted by atomic mass is 10.1. The number of amides is 2. The molecule has 1 aliphatic heterocycles. The minimum Gasteiger partial charge on any atom is -0.488 e. The summed E-state index contributed by atoms with van der Waals surface area (Å²) in [7, 11) is 1.22. The number of esters is 1. The molecule has 29 heavy (non-hydrogen) atoms. The molecule has 1 saturated heterocycles. The molecular formula is C21H18BrNO5S. The van der Waals surface area contributed by atoms with Gasteiger partial charge in [-0.25, -0.2) is 4.79 Å². The van der Waals surface area contributed by atoms with Crippen molar-refractivity contribution < 1.29 is 23.9 Å². The summed E-state index contributed by atoms with van der Waals surface area (Å²) in [6.45, 7) is 1.82. The molecule has 0 saturated carbocycles. The molecule has 1 atom stereocenters. The number of hydrogen-bond acceptors (Lipinski definition) is 6. The molecule has 2 amide bonds. The van der Waals surface area contributed by atoms with Gasteiger partial charge in [-0.15, -0.1) is 0 Å². The number of benzene rings is 2. The summed E-state index contributed by atoms with van der Waals surface area (Å²) in [5, 5.41) is -0.507. The van der Waals surface area contributed by atoms with Gasteiger partial charge in [-0.05, 0) is 48.5 Å². The van der Waals surface area contributed by atoms with Crippen molar-refractivity contribution in [2.75, 3.05) is 7.11 Å². The summed E-state index contributed by atoms with van der Waals surface area (Å²) in [4.78, 5) is 37.8. The van der Waals surface area contributed by atoms with Crippen LogP contribution in [0.15, 0.2) is 57.9 Å². The molecule has 2 aromatic rings. The Kier molecular flexibility index (Phi) is 6.76. The van der Waals surface area contributed by atoms with Crippen LogP contribution in [-0.2, 0) is 20.9 Å². The first-order valence-corrected chi connectivity index (χ1v) is 10.3. The summed E-state index contributed by atoms with van der Waals surface area (Å²) < 4.78 is 11.5. The summed E-state index contributed by atoms with van der Waals surface area (Å²) in [6.07, 6.45) is 1.60. The third-order valence-electron chi connectivity index (χ3n) is 4.27. The van der Waals surface area contributed by atoms with Crippen LogP contribution in [0.25, 0.3) is 6.08 Å². The largest absolute Gasteiger partial charge is 0.488 e. The first-order valence-electron chi connectivity index (χ1n) is 8.72. The standard InChI is InChI=1S/C21H18BrNO5S/c1-13(20(25)27-2)23-19(24)18(29-21(23)26)11-15-5-3-4-6-17(15)28-12-14-7-9-16(22)10-8-14/h3-11,13H,12H2,1-2H3/b18-11+/t13-/m0/s1. The van der Waals surface area contributed by atoms with Gasteiger partial charge in [-0.2, -0.15) is 0 Å². The number of hydrogen-bond donors (Lipinski definition) is 0. The monoisotopic (exact) mass is 475 g/mol. The van der Waals surface area contributed by atoms with Crippen LogP contribution in [0.1, 0.15) is 18.1 Å². The molecule has 2 aromatic carbocycles. The van der Waals surface area contributed by atoms with Gasteiger partial charge in [0.15, 0.2) is 0 Å². The first kappa shape index (κ1) is 21.1. The molecule has 0 radical (unpaired) electrons. The molecule has 0 unspecified atom stereocenters. The fourth-order valence-corrected chi connectivity index (χ4v) is 3.87. The zero-order valence-corrected chi connectivity index (χ0v) is 18.2.